The summed E-state index contributed by atoms with van der Waals surface area (Å²) in [5, 5.41) is 9.11. The molecule has 0 aromatic rings. The van der Waals surface area contributed by atoms with Gasteiger partial charge in [-0.2, -0.15) is 0 Å². The Morgan fingerprint density at radius 2 is 1.95 bits per heavy atom. The molecule has 0 aliphatic carbocycles. The van der Waals surface area contributed by atoms with Crippen molar-refractivity contribution >= 4 is 17.8 Å². The molecule has 0 spiro atoms. The van der Waals surface area contributed by atoms with E-state index in [1.54, 1.807) is 4.90 Å². The number of carbonyl (C=O) groups is 3. The molecule has 118 valence electrons. The van der Waals surface area contributed by atoms with Crippen molar-refractivity contribution in [2.24, 2.45) is 23.5 Å². The molecule has 0 aromatic heterocycles. The van der Waals surface area contributed by atoms with Crippen LogP contribution in [0.5, 0.6) is 0 Å². The molecule has 7 heteroatoms. The number of nitrogens with two attached hydrogens (primary N) is 1. The van der Waals surface area contributed by atoms with Gasteiger partial charge < -0.3 is 15.7 Å². The van der Waals surface area contributed by atoms with Crippen molar-refractivity contribution in [2.75, 3.05) is 32.7 Å². The maximum absolute atomic E-state index is 12.3. The lowest BCUT2D eigenvalue weighted by Gasteiger charge is -2.32. The lowest BCUT2D eigenvalue weighted by Crippen LogP contribution is -2.47. The van der Waals surface area contributed by atoms with Crippen molar-refractivity contribution in [1.29, 1.82) is 0 Å². The summed E-state index contributed by atoms with van der Waals surface area (Å²) in [4.78, 5) is 38.2. The number of hydrogen-bond acceptors (Lipinski definition) is 4. The fourth-order valence-corrected chi connectivity index (χ4v) is 3.24. The molecule has 0 radical (unpaired) electrons. The monoisotopic (exact) mass is 297 g/mol. The Balaban J connectivity index is 1.87. The molecule has 2 aliphatic heterocycles. The lowest BCUT2D eigenvalue weighted by atomic mass is 9.97. The number of primary amides is 1. The highest BCUT2D eigenvalue weighted by Gasteiger charge is 2.36. The van der Waals surface area contributed by atoms with Gasteiger partial charge in [0, 0.05) is 26.2 Å². The summed E-state index contributed by atoms with van der Waals surface area (Å²) >= 11 is 0. The van der Waals surface area contributed by atoms with E-state index in [-0.39, 0.29) is 30.2 Å². The Hall–Kier alpha value is -1.63. The van der Waals surface area contributed by atoms with Crippen LogP contribution < -0.4 is 5.73 Å². The highest BCUT2D eigenvalue weighted by atomic mass is 16.4. The number of carboxylic acid groups (broad SMARTS) is 1. The molecule has 0 aromatic carbocycles. The van der Waals surface area contributed by atoms with Crippen molar-refractivity contribution in [3.63, 3.8) is 0 Å². The van der Waals surface area contributed by atoms with Crippen molar-refractivity contribution in [3.8, 4) is 0 Å². The Morgan fingerprint density at radius 1 is 1.24 bits per heavy atom. The fourth-order valence-electron chi connectivity index (χ4n) is 3.24. The molecule has 7 nitrogen and oxygen atoms in total. The van der Waals surface area contributed by atoms with E-state index < -0.39 is 11.9 Å². The smallest absolute Gasteiger partial charge is 0.308 e. The normalized spacial score (nSPS) is 30.3. The number of aliphatic carboxylic acids is 1. The average molecular weight is 297 g/mol. The summed E-state index contributed by atoms with van der Waals surface area (Å²) in [5.41, 5.74) is 5.31. The van der Waals surface area contributed by atoms with E-state index in [9.17, 15) is 14.4 Å². The molecule has 21 heavy (non-hydrogen) atoms. The summed E-state index contributed by atoms with van der Waals surface area (Å²) in [6.45, 7) is 4.19. The predicted molar refractivity (Wildman–Crippen MR) is 75.2 cm³/mol. The Morgan fingerprint density at radius 3 is 2.52 bits per heavy atom. The van der Waals surface area contributed by atoms with Crippen molar-refractivity contribution in [2.45, 2.75) is 19.8 Å². The van der Waals surface area contributed by atoms with Crippen LogP contribution in [0.3, 0.4) is 0 Å². The zero-order valence-corrected chi connectivity index (χ0v) is 12.3. The van der Waals surface area contributed by atoms with Crippen LogP contribution in [-0.2, 0) is 14.4 Å². The van der Waals surface area contributed by atoms with Crippen molar-refractivity contribution < 1.29 is 19.5 Å². The van der Waals surface area contributed by atoms with Gasteiger partial charge in [-0.3, -0.25) is 19.3 Å². The third kappa shape index (κ3) is 3.72. The molecule has 2 fully saturated rings. The van der Waals surface area contributed by atoms with Crippen LogP contribution >= 0.6 is 0 Å². The molecule has 2 rings (SSSR count). The summed E-state index contributed by atoms with van der Waals surface area (Å²) in [7, 11) is 0. The van der Waals surface area contributed by atoms with Gasteiger partial charge in [-0.1, -0.05) is 6.92 Å². The number of piperidine rings is 1. The number of carboxylic acids is 1. The van der Waals surface area contributed by atoms with Crippen LogP contribution in [0, 0.1) is 17.8 Å². The average Bonchev–Trinajstić information content (AvgIpc) is 2.79. The molecular formula is C14H23N3O4. The van der Waals surface area contributed by atoms with Crippen LogP contribution in [0.25, 0.3) is 0 Å². The number of carbonyl (C=O) groups excluding carboxylic acids is 2. The molecule has 0 saturated carbocycles. The van der Waals surface area contributed by atoms with Gasteiger partial charge in [0.05, 0.1) is 18.4 Å². The minimum atomic E-state index is -0.802. The van der Waals surface area contributed by atoms with E-state index in [1.165, 1.54) is 0 Å². The van der Waals surface area contributed by atoms with Crippen LogP contribution in [0.15, 0.2) is 0 Å². The van der Waals surface area contributed by atoms with E-state index in [0.29, 0.717) is 26.2 Å². The minimum absolute atomic E-state index is 0.0424. The topological polar surface area (TPSA) is 104 Å². The van der Waals surface area contributed by atoms with Gasteiger partial charge in [-0.15, -0.1) is 0 Å². The number of hydrogen-bond donors (Lipinski definition) is 2. The van der Waals surface area contributed by atoms with Gasteiger partial charge in [0.25, 0.3) is 0 Å². The highest BCUT2D eigenvalue weighted by Crippen LogP contribution is 2.23. The van der Waals surface area contributed by atoms with Crippen LogP contribution in [0.2, 0.25) is 0 Å². The lowest BCUT2D eigenvalue weighted by molar-refractivity contribution is -0.143. The Kier molecular flexibility index (Phi) is 4.82. The second kappa shape index (κ2) is 6.43. The van der Waals surface area contributed by atoms with Crippen molar-refractivity contribution in [3.05, 3.63) is 0 Å². The van der Waals surface area contributed by atoms with Crippen LogP contribution in [-0.4, -0.2) is 65.4 Å². The molecule has 0 bridgehead atoms. The van der Waals surface area contributed by atoms with Crippen LogP contribution in [0.1, 0.15) is 19.8 Å². The zero-order chi connectivity index (χ0) is 15.6. The van der Waals surface area contributed by atoms with Gasteiger partial charge in [0.1, 0.15) is 0 Å². The van der Waals surface area contributed by atoms with Gasteiger partial charge in [0.2, 0.25) is 11.8 Å². The summed E-state index contributed by atoms with van der Waals surface area (Å²) < 4.78 is 0. The SMILES string of the molecule is C[C@@H]1CN(CC(=O)N2CCCC(C(N)=O)C2)C[C@H]1C(=O)O. The number of rotatable bonds is 4. The van der Waals surface area contributed by atoms with Gasteiger partial charge >= 0.3 is 5.97 Å². The minimum Gasteiger partial charge on any atom is -0.481 e. The van der Waals surface area contributed by atoms with Crippen LogP contribution in [0.4, 0.5) is 0 Å². The van der Waals surface area contributed by atoms with Crippen molar-refractivity contribution in [1.82, 2.24) is 9.80 Å². The van der Waals surface area contributed by atoms with E-state index in [0.717, 1.165) is 12.8 Å². The Bertz CT molecular complexity index is 440. The molecule has 2 amide bonds. The molecular weight excluding hydrogens is 274 g/mol. The zero-order valence-electron chi connectivity index (χ0n) is 12.3. The van der Waals surface area contributed by atoms with E-state index >= 15 is 0 Å². The largest absolute Gasteiger partial charge is 0.481 e. The fraction of sp³-hybridized carbons (Fsp3) is 0.786. The highest BCUT2D eigenvalue weighted by molar-refractivity contribution is 5.81. The molecule has 2 aliphatic rings. The van der Waals surface area contributed by atoms with Gasteiger partial charge in [0.15, 0.2) is 0 Å². The van der Waals surface area contributed by atoms with Gasteiger partial charge in [-0.25, -0.2) is 0 Å². The quantitative estimate of drug-likeness (QED) is 0.718. The molecule has 2 saturated heterocycles. The first kappa shape index (κ1) is 15.8. The number of amides is 2. The second-order valence-corrected chi connectivity index (χ2v) is 6.20. The first-order valence-corrected chi connectivity index (χ1v) is 7.40. The third-order valence-electron chi connectivity index (χ3n) is 4.54. The van der Waals surface area contributed by atoms with E-state index in [2.05, 4.69) is 0 Å². The second-order valence-electron chi connectivity index (χ2n) is 6.20. The first-order valence-electron chi connectivity index (χ1n) is 7.40. The predicted octanol–water partition coefficient (Wildman–Crippen LogP) is -0.637. The summed E-state index contributed by atoms with van der Waals surface area (Å²) in [6.07, 6.45) is 1.52. The summed E-state index contributed by atoms with van der Waals surface area (Å²) in [6, 6.07) is 0. The molecule has 1 unspecified atom stereocenters. The number of nitrogens with zero attached hydrogens (tertiary/aromatic N) is 2. The van der Waals surface area contributed by atoms with E-state index in [4.69, 9.17) is 10.8 Å². The Labute approximate surface area is 124 Å². The molecule has 3 atom stereocenters. The standard InChI is InChI=1S/C14H23N3O4/c1-9-5-16(7-11(9)14(20)21)8-12(18)17-4-2-3-10(6-17)13(15)19/h9-11H,2-8H2,1H3,(H2,15,19)(H,20,21)/t9-,10?,11-/m1/s1. The number of likely N-dealkylation sites (tertiary alicyclic amines) is 2. The maximum atomic E-state index is 12.3. The molecule has 3 N–H and O–H groups in total. The first-order chi connectivity index (χ1) is 9.88. The molecule has 2 heterocycles. The third-order valence-corrected chi connectivity index (χ3v) is 4.54. The van der Waals surface area contributed by atoms with Gasteiger partial charge in [-0.05, 0) is 18.8 Å². The maximum Gasteiger partial charge on any atom is 0.308 e. The summed E-state index contributed by atoms with van der Waals surface area (Å²) in [5.74, 6) is -1.81. The van der Waals surface area contributed by atoms with E-state index in [1.807, 2.05) is 11.8 Å².